The molecule has 0 unspecified atom stereocenters. The summed E-state index contributed by atoms with van der Waals surface area (Å²) in [5, 5.41) is 0. The number of hydrogen-bond donors (Lipinski definition) is 0. The minimum Gasteiger partial charge on any atom is -0.378 e. The van der Waals surface area contributed by atoms with Crippen molar-refractivity contribution in [1.82, 2.24) is 9.88 Å². The third kappa shape index (κ3) is 3.19. The molecule has 0 saturated carbocycles. The van der Waals surface area contributed by atoms with Crippen molar-refractivity contribution in [2.45, 2.75) is 0 Å². The first-order chi connectivity index (χ1) is 11.1. The lowest BCUT2D eigenvalue weighted by atomic mass is 10.1. The van der Waals surface area contributed by atoms with Gasteiger partial charge in [-0.2, -0.15) is 0 Å². The number of ether oxygens (including phenoxy) is 1. The molecule has 1 fully saturated rings. The van der Waals surface area contributed by atoms with E-state index in [9.17, 15) is 18.0 Å². The van der Waals surface area contributed by atoms with Crippen molar-refractivity contribution in [3.05, 3.63) is 53.5 Å². The number of halogens is 3. The van der Waals surface area contributed by atoms with Gasteiger partial charge in [0.1, 0.15) is 0 Å². The van der Waals surface area contributed by atoms with Gasteiger partial charge in [-0.25, -0.2) is 13.2 Å². The Morgan fingerprint density at radius 2 is 1.74 bits per heavy atom. The minimum absolute atomic E-state index is 0.103. The number of hydrogen-bond acceptors (Lipinski definition) is 3. The summed E-state index contributed by atoms with van der Waals surface area (Å²) in [5.74, 6) is -4.26. The van der Waals surface area contributed by atoms with Crippen LogP contribution in [-0.4, -0.2) is 42.1 Å². The van der Waals surface area contributed by atoms with Gasteiger partial charge in [0, 0.05) is 24.8 Å². The van der Waals surface area contributed by atoms with Gasteiger partial charge >= 0.3 is 0 Å². The van der Waals surface area contributed by atoms with E-state index in [1.807, 2.05) is 0 Å². The van der Waals surface area contributed by atoms with Crippen LogP contribution < -0.4 is 0 Å². The highest BCUT2D eigenvalue weighted by Gasteiger charge is 2.19. The molecule has 1 saturated heterocycles. The second kappa shape index (κ2) is 6.37. The second-order valence-corrected chi connectivity index (χ2v) is 5.09. The van der Waals surface area contributed by atoms with Crippen LogP contribution in [0.3, 0.4) is 0 Å². The molecule has 1 amide bonds. The fourth-order valence-electron chi connectivity index (χ4n) is 2.34. The average molecular weight is 322 g/mol. The van der Waals surface area contributed by atoms with Gasteiger partial charge in [-0.1, -0.05) is 0 Å². The number of amides is 1. The van der Waals surface area contributed by atoms with Gasteiger partial charge in [0.2, 0.25) is 0 Å². The first kappa shape index (κ1) is 15.5. The van der Waals surface area contributed by atoms with E-state index in [4.69, 9.17) is 4.74 Å². The summed E-state index contributed by atoms with van der Waals surface area (Å²) in [4.78, 5) is 18.0. The van der Waals surface area contributed by atoms with Gasteiger partial charge in [0.05, 0.1) is 24.5 Å². The lowest BCUT2D eigenvalue weighted by molar-refractivity contribution is 0.0302. The van der Waals surface area contributed by atoms with E-state index < -0.39 is 17.5 Å². The average Bonchev–Trinajstić information content (AvgIpc) is 2.59. The standard InChI is InChI=1S/C16H13F3N2O2/c17-12-7-11(8-13(18)15(12)19)14-2-1-10(9-20-14)16(22)21-3-5-23-6-4-21/h1-2,7-9H,3-6H2. The molecule has 1 aliphatic rings. The summed E-state index contributed by atoms with van der Waals surface area (Å²) < 4.78 is 44.7. The summed E-state index contributed by atoms with van der Waals surface area (Å²) >= 11 is 0. The Morgan fingerprint density at radius 1 is 1.09 bits per heavy atom. The minimum atomic E-state index is -1.52. The van der Waals surface area contributed by atoms with Crippen LogP contribution in [0.5, 0.6) is 0 Å². The van der Waals surface area contributed by atoms with E-state index in [0.29, 0.717) is 31.9 Å². The molecule has 2 aromatic rings. The van der Waals surface area contributed by atoms with Gasteiger partial charge in [0.25, 0.3) is 5.91 Å². The van der Waals surface area contributed by atoms with Crippen LogP contribution in [0, 0.1) is 17.5 Å². The fourth-order valence-corrected chi connectivity index (χ4v) is 2.34. The molecule has 0 radical (unpaired) electrons. The summed E-state index contributed by atoms with van der Waals surface area (Å²) in [6.45, 7) is 2.00. The predicted octanol–water partition coefficient (Wildman–Crippen LogP) is 2.64. The van der Waals surface area contributed by atoms with Crippen molar-refractivity contribution in [2.24, 2.45) is 0 Å². The summed E-state index contributed by atoms with van der Waals surface area (Å²) in [5.41, 5.74) is 0.729. The zero-order valence-electron chi connectivity index (χ0n) is 12.1. The molecule has 4 nitrogen and oxygen atoms in total. The van der Waals surface area contributed by atoms with E-state index in [1.54, 1.807) is 4.90 Å². The van der Waals surface area contributed by atoms with Crippen molar-refractivity contribution in [1.29, 1.82) is 0 Å². The van der Waals surface area contributed by atoms with Crippen LogP contribution in [0.25, 0.3) is 11.3 Å². The third-order valence-corrected chi connectivity index (χ3v) is 3.59. The molecule has 0 N–H and O–H groups in total. The zero-order valence-corrected chi connectivity index (χ0v) is 12.1. The van der Waals surface area contributed by atoms with Crippen molar-refractivity contribution in [3.63, 3.8) is 0 Å². The molecule has 23 heavy (non-hydrogen) atoms. The highest BCUT2D eigenvalue weighted by molar-refractivity contribution is 5.94. The van der Waals surface area contributed by atoms with E-state index in [2.05, 4.69) is 4.98 Å². The molecule has 1 aliphatic heterocycles. The Kier molecular flexibility index (Phi) is 4.29. The van der Waals surface area contributed by atoms with E-state index in [-0.39, 0.29) is 17.2 Å². The lowest BCUT2D eigenvalue weighted by Gasteiger charge is -2.26. The lowest BCUT2D eigenvalue weighted by Crippen LogP contribution is -2.40. The molecule has 0 atom stereocenters. The summed E-state index contributed by atoms with van der Waals surface area (Å²) in [6.07, 6.45) is 1.34. The van der Waals surface area contributed by atoms with Gasteiger partial charge < -0.3 is 9.64 Å². The van der Waals surface area contributed by atoms with Crippen molar-refractivity contribution in [2.75, 3.05) is 26.3 Å². The van der Waals surface area contributed by atoms with Gasteiger partial charge in [-0.15, -0.1) is 0 Å². The first-order valence-electron chi connectivity index (χ1n) is 7.04. The maximum absolute atomic E-state index is 13.3. The molecular formula is C16H13F3N2O2. The number of morpholine rings is 1. The number of carbonyl (C=O) groups is 1. The number of carbonyl (C=O) groups excluding carboxylic acids is 1. The van der Waals surface area contributed by atoms with Crippen molar-refractivity contribution in [3.8, 4) is 11.3 Å². The maximum Gasteiger partial charge on any atom is 0.255 e. The summed E-state index contributed by atoms with van der Waals surface area (Å²) in [7, 11) is 0. The smallest absolute Gasteiger partial charge is 0.255 e. The van der Waals surface area contributed by atoms with Gasteiger partial charge in [-0.05, 0) is 24.3 Å². The van der Waals surface area contributed by atoms with Crippen LogP contribution >= 0.6 is 0 Å². The molecule has 120 valence electrons. The topological polar surface area (TPSA) is 42.4 Å². The second-order valence-electron chi connectivity index (χ2n) is 5.09. The Balaban J connectivity index is 1.83. The van der Waals surface area contributed by atoms with Crippen LogP contribution in [-0.2, 0) is 4.74 Å². The van der Waals surface area contributed by atoms with Crippen LogP contribution in [0.4, 0.5) is 13.2 Å². The molecular weight excluding hydrogens is 309 g/mol. The van der Waals surface area contributed by atoms with E-state index in [0.717, 1.165) is 12.1 Å². The van der Waals surface area contributed by atoms with Gasteiger partial charge in [-0.3, -0.25) is 9.78 Å². The fraction of sp³-hybridized carbons (Fsp3) is 0.250. The van der Waals surface area contributed by atoms with E-state index >= 15 is 0 Å². The van der Waals surface area contributed by atoms with Crippen LogP contribution in [0.15, 0.2) is 30.5 Å². The number of pyridine rings is 1. The zero-order chi connectivity index (χ0) is 16.4. The Bertz CT molecular complexity index is 706. The molecule has 0 bridgehead atoms. The largest absolute Gasteiger partial charge is 0.378 e. The quantitative estimate of drug-likeness (QED) is 0.798. The Labute approximate surface area is 130 Å². The van der Waals surface area contributed by atoms with Gasteiger partial charge in [0.15, 0.2) is 17.5 Å². The normalized spacial score (nSPS) is 14.8. The first-order valence-corrected chi connectivity index (χ1v) is 7.04. The van der Waals surface area contributed by atoms with Crippen molar-refractivity contribution < 1.29 is 22.7 Å². The molecule has 0 spiro atoms. The molecule has 7 heteroatoms. The molecule has 3 rings (SSSR count). The number of aromatic nitrogens is 1. The molecule has 2 heterocycles. The number of benzene rings is 1. The number of rotatable bonds is 2. The van der Waals surface area contributed by atoms with Crippen molar-refractivity contribution >= 4 is 5.91 Å². The highest BCUT2D eigenvalue weighted by Crippen LogP contribution is 2.22. The predicted molar refractivity (Wildman–Crippen MR) is 76.3 cm³/mol. The third-order valence-electron chi connectivity index (χ3n) is 3.59. The maximum atomic E-state index is 13.3. The molecule has 1 aromatic heterocycles. The molecule has 1 aromatic carbocycles. The van der Waals surface area contributed by atoms with E-state index in [1.165, 1.54) is 18.3 Å². The van der Waals surface area contributed by atoms with Crippen LogP contribution in [0.2, 0.25) is 0 Å². The van der Waals surface area contributed by atoms with Crippen LogP contribution in [0.1, 0.15) is 10.4 Å². The highest BCUT2D eigenvalue weighted by atomic mass is 19.2. The Hall–Kier alpha value is -2.41. The SMILES string of the molecule is O=C(c1ccc(-c2cc(F)c(F)c(F)c2)nc1)N1CCOCC1. The Morgan fingerprint density at radius 3 is 2.30 bits per heavy atom. The number of nitrogens with zero attached hydrogens (tertiary/aromatic N) is 2. The summed E-state index contributed by atoms with van der Waals surface area (Å²) in [6, 6.07) is 4.73. The molecule has 0 aliphatic carbocycles. The monoisotopic (exact) mass is 322 g/mol.